The summed E-state index contributed by atoms with van der Waals surface area (Å²) < 4.78 is 7.47. The van der Waals surface area contributed by atoms with Crippen LogP contribution < -0.4 is 31.9 Å². The van der Waals surface area contributed by atoms with Crippen LogP contribution in [0.3, 0.4) is 0 Å². The lowest BCUT2D eigenvalue weighted by atomic mass is 9.93. The first-order chi connectivity index (χ1) is 16.5. The minimum Gasteiger partial charge on any atom is -0.497 e. The van der Waals surface area contributed by atoms with Crippen LogP contribution in [0.1, 0.15) is 74.3 Å². The van der Waals surface area contributed by atoms with Crippen molar-refractivity contribution in [2.75, 3.05) is 24.3 Å². The van der Waals surface area contributed by atoms with Gasteiger partial charge in [-0.05, 0) is 56.1 Å². The second-order valence-electron chi connectivity index (χ2n) is 9.71. The highest BCUT2D eigenvalue weighted by molar-refractivity contribution is 6.34. The van der Waals surface area contributed by atoms with E-state index in [0.29, 0.717) is 30.6 Å². The smallest absolute Gasteiger partial charge is 0.271 e. The molecule has 184 valence electrons. The summed E-state index contributed by atoms with van der Waals surface area (Å²) in [7, 11) is 3.72. The quantitative estimate of drug-likeness (QED) is 0.421. The molecule has 0 aliphatic heterocycles. The van der Waals surface area contributed by atoms with E-state index in [1.807, 2.05) is 25.4 Å². The Morgan fingerprint density at radius 2 is 1.97 bits per heavy atom. The van der Waals surface area contributed by atoms with E-state index in [4.69, 9.17) is 15.5 Å². The molecule has 2 atom stereocenters. The fourth-order valence-corrected chi connectivity index (χ4v) is 5.29. The molecule has 0 radical (unpaired) electrons. The van der Waals surface area contributed by atoms with Crippen molar-refractivity contribution in [1.29, 1.82) is 0 Å². The molecule has 0 saturated heterocycles. The third-order valence-corrected chi connectivity index (χ3v) is 7.15. The molecule has 9 heteroatoms. The van der Waals surface area contributed by atoms with E-state index in [-0.39, 0.29) is 18.0 Å². The molecule has 4 rings (SSSR count). The van der Waals surface area contributed by atoms with E-state index in [9.17, 15) is 4.79 Å². The summed E-state index contributed by atoms with van der Waals surface area (Å²) in [5, 5.41) is 10.2. The number of methoxy groups -OCH3 is 1. The predicted octanol–water partition coefficient (Wildman–Crippen LogP) is 1.98. The molecule has 8 nitrogen and oxygen atoms in total. The number of carbonyl (C=O) groups excluding carboxylic acids is 1. The number of aromatic nitrogens is 2. The summed E-state index contributed by atoms with van der Waals surface area (Å²) >= 11 is 0. The molecule has 2 aliphatic rings. The Hall–Kier alpha value is -2.68. The zero-order chi connectivity index (χ0) is 24.1. The molecule has 0 unspecified atom stereocenters. The van der Waals surface area contributed by atoms with Gasteiger partial charge in [0, 0.05) is 24.7 Å². The molecule has 0 spiro atoms. The number of nitrogens with one attached hydrogen (secondary N) is 3. The molecular weight excluding hydrogens is 427 g/mol. The molecule has 0 bridgehead atoms. The van der Waals surface area contributed by atoms with E-state index in [1.165, 1.54) is 19.3 Å². The predicted molar refractivity (Wildman–Crippen MR) is 140 cm³/mol. The van der Waals surface area contributed by atoms with Gasteiger partial charge in [-0.2, -0.15) is 4.98 Å². The SMILES string of the molecule is Bc1cc(Cn2c(NC3CCCCC3)nc(N[C@H]3CCC[C@H]3N)c2C(=O)NCC)ccc1OC. The maximum absolute atomic E-state index is 13.3. The molecule has 5 N–H and O–H groups in total. The number of nitrogens with zero attached hydrogens (tertiary/aromatic N) is 2. The van der Waals surface area contributed by atoms with Crippen LogP contribution in [0, 0.1) is 0 Å². The second-order valence-corrected chi connectivity index (χ2v) is 9.71. The normalized spacial score (nSPS) is 20.8. The number of benzene rings is 1. The van der Waals surface area contributed by atoms with Gasteiger partial charge in [0.1, 0.15) is 13.6 Å². The molecule has 1 aromatic carbocycles. The van der Waals surface area contributed by atoms with Crippen molar-refractivity contribution in [3.8, 4) is 5.75 Å². The van der Waals surface area contributed by atoms with Crippen LogP contribution >= 0.6 is 0 Å². The maximum Gasteiger partial charge on any atom is 0.271 e. The molecular formula is C25H39BN6O2. The van der Waals surface area contributed by atoms with Crippen molar-refractivity contribution < 1.29 is 9.53 Å². The Labute approximate surface area is 203 Å². The van der Waals surface area contributed by atoms with Crippen LogP contribution in [-0.2, 0) is 6.54 Å². The Kier molecular flexibility index (Phi) is 8.03. The first-order valence-corrected chi connectivity index (χ1v) is 12.8. The van der Waals surface area contributed by atoms with Crippen molar-refractivity contribution in [2.24, 2.45) is 5.73 Å². The minimum absolute atomic E-state index is 0.0752. The molecule has 2 saturated carbocycles. The summed E-state index contributed by atoms with van der Waals surface area (Å²) in [6.07, 6.45) is 9.06. The Morgan fingerprint density at radius 3 is 2.62 bits per heavy atom. The molecule has 34 heavy (non-hydrogen) atoms. The lowest BCUT2D eigenvalue weighted by Crippen LogP contribution is -2.36. The summed E-state index contributed by atoms with van der Waals surface area (Å²) in [5.41, 5.74) is 9.07. The van der Waals surface area contributed by atoms with Gasteiger partial charge in [-0.1, -0.05) is 31.4 Å². The molecule has 2 fully saturated rings. The fourth-order valence-electron chi connectivity index (χ4n) is 5.29. The molecule has 1 heterocycles. The fraction of sp³-hybridized carbons (Fsp3) is 0.600. The van der Waals surface area contributed by atoms with Gasteiger partial charge in [0.25, 0.3) is 5.91 Å². The van der Waals surface area contributed by atoms with Gasteiger partial charge in [-0.25, -0.2) is 0 Å². The number of nitrogens with two attached hydrogens (primary N) is 1. The summed E-state index contributed by atoms with van der Waals surface area (Å²) in [6, 6.07) is 6.73. The van der Waals surface area contributed by atoms with Gasteiger partial charge in [0.15, 0.2) is 11.5 Å². The molecule has 1 amide bonds. The van der Waals surface area contributed by atoms with Crippen LogP contribution in [0.15, 0.2) is 18.2 Å². The maximum atomic E-state index is 13.3. The van der Waals surface area contributed by atoms with Crippen LogP contribution in [0.5, 0.6) is 5.75 Å². The van der Waals surface area contributed by atoms with Gasteiger partial charge in [0.05, 0.1) is 13.7 Å². The van der Waals surface area contributed by atoms with E-state index in [2.05, 4.69) is 28.1 Å². The number of hydrogen-bond acceptors (Lipinski definition) is 6. The number of ether oxygens (including phenoxy) is 1. The molecule has 2 aromatic rings. The standard InChI is InChI=1S/C25H39BN6O2/c1-3-28-24(33)22-23(30-20-11-7-10-19(20)27)31-25(29-17-8-5-4-6-9-17)32(22)15-16-12-13-21(34-2)18(26)14-16/h12-14,17,19-20,30H,3-11,15,26-27H2,1-2H3,(H,28,33)(H,29,31)/t19-,20+/m1/s1. The molecule has 1 aromatic heterocycles. The first-order valence-electron chi connectivity index (χ1n) is 12.8. The van der Waals surface area contributed by atoms with Crippen molar-refractivity contribution in [1.82, 2.24) is 14.9 Å². The van der Waals surface area contributed by atoms with Crippen molar-refractivity contribution in [2.45, 2.75) is 83.0 Å². The average molecular weight is 466 g/mol. The lowest BCUT2D eigenvalue weighted by molar-refractivity contribution is 0.0948. The number of amides is 1. The van der Waals surface area contributed by atoms with Crippen LogP contribution in [0.4, 0.5) is 11.8 Å². The highest BCUT2D eigenvalue weighted by Crippen LogP contribution is 2.29. The summed E-state index contributed by atoms with van der Waals surface area (Å²) in [4.78, 5) is 18.3. The summed E-state index contributed by atoms with van der Waals surface area (Å²) in [5.74, 6) is 2.11. The van der Waals surface area contributed by atoms with Crippen LogP contribution in [0.25, 0.3) is 0 Å². The Balaban J connectivity index is 1.73. The zero-order valence-corrected chi connectivity index (χ0v) is 20.8. The number of anilines is 2. The average Bonchev–Trinajstić information content (AvgIpc) is 3.38. The second kappa shape index (κ2) is 11.2. The lowest BCUT2D eigenvalue weighted by Gasteiger charge is -2.24. The number of rotatable bonds is 9. The van der Waals surface area contributed by atoms with Gasteiger partial charge < -0.3 is 26.4 Å². The highest BCUT2D eigenvalue weighted by atomic mass is 16.5. The zero-order valence-electron chi connectivity index (χ0n) is 20.8. The van der Waals surface area contributed by atoms with Crippen LogP contribution in [0.2, 0.25) is 0 Å². The minimum atomic E-state index is -0.119. The molecule has 2 aliphatic carbocycles. The Bertz CT molecular complexity index is 988. The summed E-state index contributed by atoms with van der Waals surface area (Å²) in [6.45, 7) is 3.03. The van der Waals surface area contributed by atoms with E-state index >= 15 is 0 Å². The topological polar surface area (TPSA) is 106 Å². The van der Waals surface area contributed by atoms with E-state index in [0.717, 1.165) is 54.8 Å². The first kappa shape index (κ1) is 24.4. The van der Waals surface area contributed by atoms with E-state index < -0.39 is 0 Å². The third kappa shape index (κ3) is 5.51. The van der Waals surface area contributed by atoms with E-state index in [1.54, 1.807) is 7.11 Å². The monoisotopic (exact) mass is 466 g/mol. The van der Waals surface area contributed by atoms with Crippen molar-refractivity contribution >= 4 is 31.0 Å². The number of imidazole rings is 1. The Morgan fingerprint density at radius 1 is 1.18 bits per heavy atom. The van der Waals surface area contributed by atoms with Gasteiger partial charge >= 0.3 is 0 Å². The highest BCUT2D eigenvalue weighted by Gasteiger charge is 2.30. The number of carbonyl (C=O) groups is 1. The van der Waals surface area contributed by atoms with Crippen molar-refractivity contribution in [3.63, 3.8) is 0 Å². The van der Waals surface area contributed by atoms with Gasteiger partial charge in [-0.15, -0.1) is 0 Å². The van der Waals surface area contributed by atoms with Gasteiger partial charge in [0.2, 0.25) is 5.95 Å². The van der Waals surface area contributed by atoms with Gasteiger partial charge in [-0.3, -0.25) is 9.36 Å². The largest absolute Gasteiger partial charge is 0.497 e. The number of hydrogen-bond donors (Lipinski definition) is 4. The van der Waals surface area contributed by atoms with Crippen molar-refractivity contribution in [3.05, 3.63) is 29.5 Å². The van der Waals surface area contributed by atoms with Crippen LogP contribution in [-0.4, -0.2) is 55.1 Å². The third-order valence-electron chi connectivity index (χ3n) is 7.15.